The summed E-state index contributed by atoms with van der Waals surface area (Å²) in [6.07, 6.45) is 3.46. The van der Waals surface area contributed by atoms with Crippen molar-refractivity contribution in [1.82, 2.24) is 0 Å². The van der Waals surface area contributed by atoms with E-state index in [0.29, 0.717) is 12.8 Å². The highest BCUT2D eigenvalue weighted by atomic mass is 16.7. The molecule has 9 atom stereocenters. The normalized spacial score (nSPS) is 52.4. The van der Waals surface area contributed by atoms with E-state index in [4.69, 9.17) is 23.4 Å². The summed E-state index contributed by atoms with van der Waals surface area (Å²) < 4.78 is 29.8. The van der Waals surface area contributed by atoms with E-state index < -0.39 is 45.6 Å². The average molecular weight is 471 g/mol. The minimum atomic E-state index is -0.976. The number of Topliss-reactive ketones (excluding diaryl/α,β-unsaturated/α-hetero) is 1. The molecule has 5 heterocycles. The number of epoxide rings is 1. The van der Waals surface area contributed by atoms with Crippen LogP contribution in [0.2, 0.25) is 0 Å². The van der Waals surface area contributed by atoms with E-state index in [1.165, 1.54) is 0 Å². The molecular formula is C26H30O8. The van der Waals surface area contributed by atoms with Gasteiger partial charge in [0.15, 0.2) is 6.10 Å². The summed E-state index contributed by atoms with van der Waals surface area (Å²) in [5.41, 5.74) is -2.78. The van der Waals surface area contributed by atoms with Crippen LogP contribution in [-0.2, 0) is 33.3 Å². The summed E-state index contributed by atoms with van der Waals surface area (Å²) in [6, 6.07) is 1.81. The van der Waals surface area contributed by atoms with Crippen LogP contribution >= 0.6 is 0 Å². The molecule has 2 saturated carbocycles. The summed E-state index contributed by atoms with van der Waals surface area (Å²) in [5.74, 6) is -0.780. The van der Waals surface area contributed by atoms with Gasteiger partial charge in [0, 0.05) is 28.7 Å². The molecule has 0 aromatic carbocycles. The van der Waals surface area contributed by atoms with Crippen molar-refractivity contribution >= 4 is 17.7 Å². The van der Waals surface area contributed by atoms with Crippen molar-refractivity contribution in [3.8, 4) is 0 Å². The maximum absolute atomic E-state index is 14.2. The Bertz CT molecular complexity index is 1120. The molecule has 4 saturated heterocycles. The maximum Gasteiger partial charge on any atom is 0.339 e. The smallest absolute Gasteiger partial charge is 0.339 e. The van der Waals surface area contributed by atoms with Crippen molar-refractivity contribution in [3.05, 3.63) is 24.2 Å². The van der Waals surface area contributed by atoms with Crippen molar-refractivity contribution in [3.63, 3.8) is 0 Å². The van der Waals surface area contributed by atoms with E-state index in [1.807, 2.05) is 26.8 Å². The standard InChI is InChI=1S/C26H30O8/c1-22(2)15-9-16(27)24(4)14(25(15)12-31-18(28)10-17(25)33-22)5-7-23(3)19(13-6-8-30-11-13)32-21(29)20-26(23,24)34-20/h6,8,11,14-15,17,19-20H,5,7,9-10,12H2,1-4H3/t14-,15+,17+,19+,20+,23-,24-,25-,26+/m0/s1. The molecule has 0 unspecified atom stereocenters. The van der Waals surface area contributed by atoms with Gasteiger partial charge in [-0.25, -0.2) is 4.79 Å². The first-order valence-corrected chi connectivity index (χ1v) is 12.3. The summed E-state index contributed by atoms with van der Waals surface area (Å²) in [5, 5.41) is 0. The number of cyclic esters (lactones) is 2. The molecular weight excluding hydrogens is 440 g/mol. The van der Waals surface area contributed by atoms with E-state index >= 15 is 0 Å². The first-order chi connectivity index (χ1) is 16.0. The Hall–Kier alpha value is -2.19. The fraction of sp³-hybridized carbons (Fsp3) is 0.731. The van der Waals surface area contributed by atoms with Gasteiger partial charge in [-0.15, -0.1) is 0 Å². The molecule has 4 aliphatic heterocycles. The zero-order chi connectivity index (χ0) is 23.9. The highest BCUT2D eigenvalue weighted by Gasteiger charge is 2.89. The quantitative estimate of drug-likeness (QED) is 0.455. The summed E-state index contributed by atoms with van der Waals surface area (Å²) in [7, 11) is 0. The number of furan rings is 1. The Morgan fingerprint density at radius 3 is 2.50 bits per heavy atom. The molecule has 0 N–H and O–H groups in total. The molecule has 1 aromatic rings. The van der Waals surface area contributed by atoms with Gasteiger partial charge in [0.05, 0.1) is 36.1 Å². The van der Waals surface area contributed by atoms with Crippen LogP contribution in [0.1, 0.15) is 65.0 Å². The minimum Gasteiger partial charge on any atom is -0.472 e. The van der Waals surface area contributed by atoms with Crippen LogP contribution in [0.5, 0.6) is 0 Å². The molecule has 0 amide bonds. The van der Waals surface area contributed by atoms with Crippen molar-refractivity contribution in [1.29, 1.82) is 0 Å². The Morgan fingerprint density at radius 1 is 0.971 bits per heavy atom. The van der Waals surface area contributed by atoms with E-state index in [2.05, 4.69) is 6.92 Å². The largest absolute Gasteiger partial charge is 0.472 e. The van der Waals surface area contributed by atoms with E-state index in [-0.39, 0.29) is 42.7 Å². The Kier molecular flexibility index (Phi) is 3.70. The van der Waals surface area contributed by atoms with Crippen LogP contribution in [0.15, 0.2) is 23.0 Å². The third-order valence-electron chi connectivity index (χ3n) is 10.7. The van der Waals surface area contributed by atoms with Crippen LogP contribution < -0.4 is 0 Å². The molecule has 6 aliphatic rings. The highest BCUT2D eigenvalue weighted by Crippen LogP contribution is 2.79. The van der Waals surface area contributed by atoms with Gasteiger partial charge in [0.25, 0.3) is 0 Å². The summed E-state index contributed by atoms with van der Waals surface area (Å²) in [4.78, 5) is 39.7. The molecule has 7 rings (SSSR count). The second-order valence-corrected chi connectivity index (χ2v) is 12.2. The third-order valence-corrected chi connectivity index (χ3v) is 10.7. The lowest BCUT2D eigenvalue weighted by Gasteiger charge is -2.65. The zero-order valence-corrected chi connectivity index (χ0v) is 19.9. The van der Waals surface area contributed by atoms with Crippen LogP contribution in [0.4, 0.5) is 0 Å². The van der Waals surface area contributed by atoms with Gasteiger partial charge >= 0.3 is 11.9 Å². The predicted octanol–water partition coefficient (Wildman–Crippen LogP) is 3.14. The lowest BCUT2D eigenvalue weighted by molar-refractivity contribution is -0.225. The Morgan fingerprint density at radius 2 is 1.76 bits per heavy atom. The second kappa shape index (κ2) is 5.95. The third kappa shape index (κ3) is 2.02. The van der Waals surface area contributed by atoms with Gasteiger partial charge < -0.3 is 23.4 Å². The number of esters is 2. The van der Waals surface area contributed by atoms with E-state index in [9.17, 15) is 14.4 Å². The van der Waals surface area contributed by atoms with Gasteiger partial charge in [-0.2, -0.15) is 0 Å². The highest BCUT2D eigenvalue weighted by molar-refractivity contribution is 5.93. The van der Waals surface area contributed by atoms with Crippen molar-refractivity contribution in [2.24, 2.45) is 28.1 Å². The monoisotopic (exact) mass is 470 g/mol. The lowest BCUT2D eigenvalue weighted by atomic mass is 9.37. The minimum absolute atomic E-state index is 0.0677. The van der Waals surface area contributed by atoms with E-state index in [1.54, 1.807) is 12.5 Å². The number of carbonyl (C=O) groups is 3. The van der Waals surface area contributed by atoms with Gasteiger partial charge in [-0.3, -0.25) is 9.59 Å². The van der Waals surface area contributed by atoms with Gasteiger partial charge in [0.1, 0.15) is 24.1 Å². The zero-order valence-electron chi connectivity index (χ0n) is 19.9. The number of ether oxygens (including phenoxy) is 4. The number of hydrogen-bond donors (Lipinski definition) is 0. The molecule has 8 heteroatoms. The van der Waals surface area contributed by atoms with Gasteiger partial charge in [0.2, 0.25) is 0 Å². The number of fused-ring (bicyclic) bond motifs is 1. The predicted molar refractivity (Wildman–Crippen MR) is 114 cm³/mol. The molecule has 2 spiro atoms. The van der Waals surface area contributed by atoms with Crippen molar-refractivity contribution in [2.75, 3.05) is 6.61 Å². The van der Waals surface area contributed by atoms with Gasteiger partial charge in [-0.05, 0) is 45.6 Å². The summed E-state index contributed by atoms with van der Waals surface area (Å²) >= 11 is 0. The van der Waals surface area contributed by atoms with Crippen LogP contribution in [0, 0.1) is 28.1 Å². The number of hydrogen-bond acceptors (Lipinski definition) is 8. The second-order valence-electron chi connectivity index (χ2n) is 12.2. The van der Waals surface area contributed by atoms with Crippen LogP contribution in [0.25, 0.3) is 0 Å². The van der Waals surface area contributed by atoms with Crippen LogP contribution in [-0.4, -0.2) is 47.7 Å². The fourth-order valence-corrected chi connectivity index (χ4v) is 9.34. The van der Waals surface area contributed by atoms with E-state index in [0.717, 1.165) is 12.0 Å². The molecule has 8 nitrogen and oxygen atoms in total. The molecule has 34 heavy (non-hydrogen) atoms. The Balaban J connectivity index is 1.41. The molecule has 182 valence electrons. The SMILES string of the molecule is CC1(C)O[C@@H]2CC(=O)OC[C@]23[C@@H]1CC(=O)[C@]1(C)[C@@H]3CC[C@@]2(C)[C@@H](c3ccoc3)OC(=O)[C@H]3O[C@]321. The first kappa shape index (κ1) is 21.1. The number of carbonyl (C=O) groups excluding carboxylic acids is 3. The molecule has 0 radical (unpaired) electrons. The number of ketones is 1. The maximum atomic E-state index is 14.2. The molecule has 6 fully saturated rings. The van der Waals surface area contributed by atoms with Crippen LogP contribution in [0.3, 0.4) is 0 Å². The van der Waals surface area contributed by atoms with Gasteiger partial charge in [-0.1, -0.05) is 6.92 Å². The van der Waals surface area contributed by atoms with Crippen molar-refractivity contribution < 1.29 is 37.7 Å². The topological polar surface area (TPSA) is 105 Å². The summed E-state index contributed by atoms with van der Waals surface area (Å²) in [6.45, 7) is 8.36. The fourth-order valence-electron chi connectivity index (χ4n) is 9.34. The number of rotatable bonds is 1. The average Bonchev–Trinajstić information content (AvgIpc) is 3.26. The molecule has 2 aliphatic carbocycles. The van der Waals surface area contributed by atoms with Crippen molar-refractivity contribution in [2.45, 2.75) is 82.9 Å². The molecule has 1 aromatic heterocycles. The lowest BCUT2D eigenvalue weighted by Crippen LogP contribution is -2.72. The first-order valence-electron chi connectivity index (χ1n) is 12.3. The Labute approximate surface area is 197 Å². The molecule has 0 bridgehead atoms.